The molecule has 0 aliphatic heterocycles. The number of para-hydroxylation sites is 1. The third-order valence-corrected chi connectivity index (χ3v) is 7.57. The lowest BCUT2D eigenvalue weighted by molar-refractivity contribution is -0.116. The number of benzene rings is 2. The van der Waals surface area contributed by atoms with Crippen LogP contribution in [0.25, 0.3) is 55.8 Å². The lowest BCUT2D eigenvalue weighted by Gasteiger charge is -2.08. The van der Waals surface area contributed by atoms with Gasteiger partial charge in [0.2, 0.25) is 15.9 Å². The molecule has 4 N–H and O–H groups in total. The van der Waals surface area contributed by atoms with Gasteiger partial charge in [-0.05, 0) is 53.4 Å². The summed E-state index contributed by atoms with van der Waals surface area (Å²) < 4.78 is 40.1. The number of sulfonamides is 1. The average Bonchev–Trinajstić information content (AvgIpc) is 3.59. The van der Waals surface area contributed by atoms with Crippen LogP contribution in [-0.2, 0) is 21.4 Å². The van der Waals surface area contributed by atoms with E-state index >= 15 is 0 Å². The standard InChI is InChI=1S/C31H29FN8O3S/c1-17(2)7-28(41)36-22-11-20(14-33-15-22)26-12-24-27(16-34-26)39-40-30(24)31-37-25-6-4-5-23(29(25)38-31)19-8-18(9-21(32)10-19)13-35-44(3,42)43/h4-6,8-12,14-17,35H,7,13H2,1-3H3,(H,36,41)(H,37,38)(H,39,40). The Morgan fingerprint density at radius 2 is 1.86 bits per heavy atom. The van der Waals surface area contributed by atoms with Crippen LogP contribution in [0.3, 0.4) is 0 Å². The molecule has 6 aromatic rings. The molecule has 4 aromatic heterocycles. The van der Waals surface area contributed by atoms with E-state index in [1.54, 1.807) is 24.7 Å². The molecule has 0 aliphatic rings. The second-order valence-electron chi connectivity index (χ2n) is 11.0. The van der Waals surface area contributed by atoms with Crippen LogP contribution in [0.1, 0.15) is 25.8 Å². The number of hydrogen-bond acceptors (Lipinski definition) is 7. The Balaban J connectivity index is 1.36. The second kappa shape index (κ2) is 11.6. The number of fused-ring (bicyclic) bond motifs is 2. The fourth-order valence-electron chi connectivity index (χ4n) is 4.99. The van der Waals surface area contributed by atoms with Crippen LogP contribution < -0.4 is 10.0 Å². The fraction of sp³-hybridized carbons (Fsp3) is 0.194. The van der Waals surface area contributed by atoms with Crippen LogP contribution in [0.4, 0.5) is 10.1 Å². The van der Waals surface area contributed by atoms with Gasteiger partial charge in [-0.15, -0.1) is 0 Å². The van der Waals surface area contributed by atoms with Crippen LogP contribution in [0.5, 0.6) is 0 Å². The highest BCUT2D eigenvalue weighted by Gasteiger charge is 2.17. The maximum atomic E-state index is 14.6. The molecule has 0 saturated carbocycles. The van der Waals surface area contributed by atoms with E-state index in [0.29, 0.717) is 57.0 Å². The first-order valence-electron chi connectivity index (χ1n) is 13.9. The number of rotatable bonds is 9. The molecule has 0 spiro atoms. The lowest BCUT2D eigenvalue weighted by atomic mass is 10.0. The molecule has 2 aromatic carbocycles. The highest BCUT2D eigenvalue weighted by Crippen LogP contribution is 2.33. The Morgan fingerprint density at radius 3 is 2.66 bits per heavy atom. The zero-order chi connectivity index (χ0) is 31.0. The normalized spacial score (nSPS) is 11.9. The van der Waals surface area contributed by atoms with E-state index in [0.717, 1.165) is 22.7 Å². The van der Waals surface area contributed by atoms with Crippen molar-refractivity contribution in [2.75, 3.05) is 11.6 Å². The van der Waals surface area contributed by atoms with E-state index in [1.165, 1.54) is 12.1 Å². The number of nitrogens with one attached hydrogen (secondary N) is 4. The van der Waals surface area contributed by atoms with Gasteiger partial charge < -0.3 is 10.3 Å². The molecule has 0 fully saturated rings. The van der Waals surface area contributed by atoms with Crippen molar-refractivity contribution in [2.24, 2.45) is 5.92 Å². The van der Waals surface area contributed by atoms with E-state index < -0.39 is 15.8 Å². The molecular weight excluding hydrogens is 583 g/mol. The van der Waals surface area contributed by atoms with Gasteiger partial charge in [-0.1, -0.05) is 26.0 Å². The minimum atomic E-state index is -3.44. The molecule has 0 saturated heterocycles. The topological polar surface area (TPSA) is 158 Å². The Labute approximate surface area is 252 Å². The third-order valence-electron chi connectivity index (χ3n) is 6.90. The van der Waals surface area contributed by atoms with Gasteiger partial charge in [-0.2, -0.15) is 5.10 Å². The summed E-state index contributed by atoms with van der Waals surface area (Å²) in [6.45, 7) is 3.93. The quantitative estimate of drug-likeness (QED) is 0.170. The first-order valence-corrected chi connectivity index (χ1v) is 15.7. The van der Waals surface area contributed by atoms with Gasteiger partial charge in [0.25, 0.3) is 0 Å². The zero-order valence-corrected chi connectivity index (χ0v) is 25.0. The van der Waals surface area contributed by atoms with Crippen LogP contribution in [-0.4, -0.2) is 50.7 Å². The number of halogens is 1. The molecule has 13 heteroatoms. The number of amides is 1. The molecule has 4 heterocycles. The number of anilines is 1. The van der Waals surface area contributed by atoms with Crippen molar-refractivity contribution in [3.8, 4) is 33.9 Å². The molecule has 0 atom stereocenters. The van der Waals surface area contributed by atoms with Crippen molar-refractivity contribution in [2.45, 2.75) is 26.8 Å². The first-order chi connectivity index (χ1) is 21.0. The Kier molecular flexibility index (Phi) is 7.66. The number of H-pyrrole nitrogens is 2. The van der Waals surface area contributed by atoms with Crippen LogP contribution in [0.15, 0.2) is 67.1 Å². The summed E-state index contributed by atoms with van der Waals surface area (Å²) in [5.74, 6) is 0.166. The van der Waals surface area contributed by atoms with Gasteiger partial charge >= 0.3 is 0 Å². The van der Waals surface area contributed by atoms with Gasteiger partial charge in [-0.3, -0.25) is 19.9 Å². The summed E-state index contributed by atoms with van der Waals surface area (Å²) in [5, 5.41) is 11.2. The molecule has 44 heavy (non-hydrogen) atoms. The van der Waals surface area contributed by atoms with Crippen molar-refractivity contribution in [3.63, 3.8) is 0 Å². The van der Waals surface area contributed by atoms with Crippen LogP contribution in [0, 0.1) is 11.7 Å². The summed E-state index contributed by atoms with van der Waals surface area (Å²) in [5.41, 5.74) is 6.25. The molecule has 0 radical (unpaired) electrons. The fourth-order valence-corrected chi connectivity index (χ4v) is 5.41. The summed E-state index contributed by atoms with van der Waals surface area (Å²) >= 11 is 0. The summed E-state index contributed by atoms with van der Waals surface area (Å²) in [4.78, 5) is 29.3. The molecule has 6 rings (SSSR count). The largest absolute Gasteiger partial charge is 0.337 e. The van der Waals surface area contributed by atoms with Crippen molar-refractivity contribution in [3.05, 3.63) is 78.5 Å². The van der Waals surface area contributed by atoms with Crippen LogP contribution in [0.2, 0.25) is 0 Å². The first kappa shape index (κ1) is 29.1. The zero-order valence-electron chi connectivity index (χ0n) is 24.1. The second-order valence-corrected chi connectivity index (χ2v) is 12.9. The smallest absolute Gasteiger partial charge is 0.224 e. The van der Waals surface area contributed by atoms with Crippen LogP contribution >= 0.6 is 0 Å². The van der Waals surface area contributed by atoms with E-state index in [1.807, 2.05) is 44.2 Å². The number of nitrogens with zero attached hydrogens (tertiary/aromatic N) is 4. The van der Waals surface area contributed by atoms with Gasteiger partial charge in [-0.25, -0.2) is 22.5 Å². The molecule has 1 amide bonds. The lowest BCUT2D eigenvalue weighted by Crippen LogP contribution is -2.21. The molecule has 0 bridgehead atoms. The van der Waals surface area contributed by atoms with E-state index in [-0.39, 0.29) is 18.4 Å². The highest BCUT2D eigenvalue weighted by molar-refractivity contribution is 7.88. The predicted octanol–water partition coefficient (Wildman–Crippen LogP) is 5.40. The Hall–Kier alpha value is -5.01. The summed E-state index contributed by atoms with van der Waals surface area (Å²) in [6, 6.07) is 13.7. The van der Waals surface area contributed by atoms with Crippen molar-refractivity contribution in [1.29, 1.82) is 0 Å². The van der Waals surface area contributed by atoms with E-state index in [9.17, 15) is 17.6 Å². The maximum absolute atomic E-state index is 14.6. The van der Waals surface area contributed by atoms with Crippen molar-refractivity contribution >= 4 is 43.6 Å². The minimum Gasteiger partial charge on any atom is -0.337 e. The number of aromatic amines is 2. The highest BCUT2D eigenvalue weighted by atomic mass is 32.2. The van der Waals surface area contributed by atoms with Crippen molar-refractivity contribution in [1.82, 2.24) is 34.9 Å². The monoisotopic (exact) mass is 612 g/mol. The van der Waals surface area contributed by atoms with Gasteiger partial charge in [0.1, 0.15) is 11.5 Å². The number of hydrogen-bond donors (Lipinski definition) is 4. The molecule has 224 valence electrons. The molecule has 0 unspecified atom stereocenters. The summed E-state index contributed by atoms with van der Waals surface area (Å²) in [7, 11) is -3.44. The number of pyridine rings is 2. The van der Waals surface area contributed by atoms with Gasteiger partial charge in [0.05, 0.1) is 46.6 Å². The minimum absolute atomic E-state index is 0.0379. The Morgan fingerprint density at radius 1 is 1.02 bits per heavy atom. The maximum Gasteiger partial charge on any atom is 0.224 e. The van der Waals surface area contributed by atoms with Crippen molar-refractivity contribution < 1.29 is 17.6 Å². The molecule has 0 aliphatic carbocycles. The third kappa shape index (κ3) is 6.33. The Bertz CT molecular complexity index is 2140. The average molecular weight is 613 g/mol. The predicted molar refractivity (Wildman–Crippen MR) is 167 cm³/mol. The summed E-state index contributed by atoms with van der Waals surface area (Å²) in [6.07, 6.45) is 6.42. The SMILES string of the molecule is CC(C)CC(=O)Nc1cncc(-c2cc3c(-c4nc5c(-c6cc(F)cc(CNS(C)(=O)=O)c6)cccc5[nH]4)n[nH]c3cn2)c1. The van der Waals surface area contributed by atoms with E-state index in [4.69, 9.17) is 4.98 Å². The molecular formula is C31H29FN8O3S. The van der Waals surface area contributed by atoms with Gasteiger partial charge in [0, 0.05) is 35.7 Å². The molecule has 11 nitrogen and oxygen atoms in total. The number of aromatic nitrogens is 6. The number of carbonyl (C=O) groups is 1. The van der Waals surface area contributed by atoms with E-state index in [2.05, 4.69) is 35.2 Å². The van der Waals surface area contributed by atoms with Gasteiger partial charge in [0.15, 0.2) is 5.82 Å². The number of imidazole rings is 1. The number of carbonyl (C=O) groups excluding carboxylic acids is 1.